The van der Waals surface area contributed by atoms with E-state index in [0.29, 0.717) is 0 Å². The summed E-state index contributed by atoms with van der Waals surface area (Å²) in [6.07, 6.45) is 0. The summed E-state index contributed by atoms with van der Waals surface area (Å²) in [4.78, 5) is 19.3. The molecule has 0 amide bonds. The SMILES string of the molecule is COC(=O)CO[C]=O. The van der Waals surface area contributed by atoms with Crippen LogP contribution in [0.2, 0.25) is 0 Å². The first-order valence-corrected chi connectivity index (χ1v) is 1.87. The Bertz CT molecular complexity index is 88.0. The summed E-state index contributed by atoms with van der Waals surface area (Å²) >= 11 is 0. The maximum absolute atomic E-state index is 10.0. The zero-order chi connectivity index (χ0) is 6.41. The number of esters is 1. The molecule has 0 aromatic carbocycles. The second-order valence-corrected chi connectivity index (χ2v) is 0.948. The summed E-state index contributed by atoms with van der Waals surface area (Å²) in [7, 11) is 1.20. The summed E-state index contributed by atoms with van der Waals surface area (Å²) in [5.74, 6) is -0.589. The Morgan fingerprint density at radius 2 is 2.38 bits per heavy atom. The Balaban J connectivity index is 3.11. The van der Waals surface area contributed by atoms with Crippen LogP contribution >= 0.6 is 0 Å². The Labute approximate surface area is 46.4 Å². The summed E-state index contributed by atoms with van der Waals surface area (Å²) < 4.78 is 8.02. The van der Waals surface area contributed by atoms with Crippen LogP contribution in [0.1, 0.15) is 0 Å². The molecule has 0 atom stereocenters. The molecular weight excluding hydrogens is 112 g/mol. The average Bonchev–Trinajstić information content (AvgIpc) is 1.83. The molecule has 0 aromatic rings. The molecule has 0 aromatic heterocycles. The van der Waals surface area contributed by atoms with Gasteiger partial charge in [-0.05, 0) is 0 Å². The van der Waals surface area contributed by atoms with Crippen LogP contribution in [0.4, 0.5) is 0 Å². The van der Waals surface area contributed by atoms with E-state index in [9.17, 15) is 9.59 Å². The maximum atomic E-state index is 10.0. The number of carbonyl (C=O) groups excluding carboxylic acids is 2. The molecule has 0 heterocycles. The van der Waals surface area contributed by atoms with Crippen LogP contribution in [0.3, 0.4) is 0 Å². The highest BCUT2D eigenvalue weighted by molar-refractivity contribution is 5.71. The molecule has 4 heteroatoms. The predicted octanol–water partition coefficient (Wildman–Crippen LogP) is -0.757. The summed E-state index contributed by atoms with van der Waals surface area (Å²) in [6, 6.07) is 0. The minimum absolute atomic E-state index is 0.361. The van der Waals surface area contributed by atoms with Gasteiger partial charge in [0.1, 0.15) is 0 Å². The molecule has 0 N–H and O–H groups in total. The smallest absolute Gasteiger partial charge is 0.418 e. The lowest BCUT2D eigenvalue weighted by Gasteiger charge is -1.92. The van der Waals surface area contributed by atoms with Gasteiger partial charge in [-0.1, -0.05) is 0 Å². The molecule has 1 radical (unpaired) electrons. The Kier molecular flexibility index (Phi) is 3.56. The highest BCUT2D eigenvalue weighted by Gasteiger charge is 1.96. The second kappa shape index (κ2) is 4.11. The minimum Gasteiger partial charge on any atom is -0.466 e. The fourth-order valence-corrected chi connectivity index (χ4v) is 0.147. The zero-order valence-corrected chi connectivity index (χ0v) is 4.34. The molecule has 4 nitrogen and oxygen atoms in total. The van der Waals surface area contributed by atoms with Crippen LogP contribution in [0, 0.1) is 0 Å². The molecule has 0 unspecified atom stereocenters. The summed E-state index contributed by atoms with van der Waals surface area (Å²) in [6.45, 7) is 0.721. The van der Waals surface area contributed by atoms with E-state index in [1.807, 2.05) is 0 Å². The summed E-state index contributed by atoms with van der Waals surface area (Å²) in [5, 5.41) is 0. The highest BCUT2D eigenvalue weighted by Crippen LogP contribution is 1.72. The molecule has 0 aliphatic rings. The van der Waals surface area contributed by atoms with E-state index in [2.05, 4.69) is 9.47 Å². The molecular formula is C4H5O4. The minimum atomic E-state index is -0.589. The van der Waals surface area contributed by atoms with Crippen LogP contribution in [0.5, 0.6) is 0 Å². The molecule has 0 saturated heterocycles. The fraction of sp³-hybridized carbons (Fsp3) is 0.500. The molecule has 0 aliphatic carbocycles. The van der Waals surface area contributed by atoms with Crippen molar-refractivity contribution in [3.8, 4) is 0 Å². The number of carbonyl (C=O) groups is 1. The number of hydrogen-bond donors (Lipinski definition) is 0. The summed E-state index contributed by atoms with van der Waals surface area (Å²) in [5.41, 5.74) is 0. The van der Waals surface area contributed by atoms with E-state index >= 15 is 0 Å². The Morgan fingerprint density at radius 3 is 2.75 bits per heavy atom. The van der Waals surface area contributed by atoms with Gasteiger partial charge in [-0.15, -0.1) is 0 Å². The molecule has 0 bridgehead atoms. The standard InChI is InChI=1S/C4H5O4/c1-7-4(6)2-8-3-5/h2H2,1H3. The monoisotopic (exact) mass is 117 g/mol. The molecule has 45 valence electrons. The first-order valence-electron chi connectivity index (χ1n) is 1.87. The van der Waals surface area contributed by atoms with Gasteiger partial charge in [0.2, 0.25) is 0 Å². The van der Waals surface area contributed by atoms with Crippen molar-refractivity contribution in [1.29, 1.82) is 0 Å². The van der Waals surface area contributed by atoms with Gasteiger partial charge >= 0.3 is 12.4 Å². The topological polar surface area (TPSA) is 52.6 Å². The van der Waals surface area contributed by atoms with Gasteiger partial charge in [-0.25, -0.2) is 9.59 Å². The van der Waals surface area contributed by atoms with E-state index in [1.54, 1.807) is 0 Å². The second-order valence-electron chi connectivity index (χ2n) is 0.948. The molecule has 0 aliphatic heterocycles. The van der Waals surface area contributed by atoms with Gasteiger partial charge in [0.05, 0.1) is 7.11 Å². The van der Waals surface area contributed by atoms with Crippen LogP contribution in [0.25, 0.3) is 0 Å². The van der Waals surface area contributed by atoms with Crippen molar-refractivity contribution in [1.82, 2.24) is 0 Å². The van der Waals surface area contributed by atoms with Gasteiger partial charge < -0.3 is 9.47 Å². The van der Waals surface area contributed by atoms with Crippen LogP contribution < -0.4 is 0 Å². The largest absolute Gasteiger partial charge is 0.466 e. The number of methoxy groups -OCH3 is 1. The average molecular weight is 117 g/mol. The first kappa shape index (κ1) is 6.94. The van der Waals surface area contributed by atoms with Gasteiger partial charge in [0.25, 0.3) is 0 Å². The van der Waals surface area contributed by atoms with Crippen LogP contribution in [-0.4, -0.2) is 26.2 Å². The molecule has 0 fully saturated rings. The van der Waals surface area contributed by atoms with Gasteiger partial charge in [-0.2, -0.15) is 0 Å². The molecule has 0 saturated carbocycles. The van der Waals surface area contributed by atoms with Crippen molar-refractivity contribution in [2.24, 2.45) is 0 Å². The van der Waals surface area contributed by atoms with Crippen molar-refractivity contribution in [2.75, 3.05) is 13.7 Å². The van der Waals surface area contributed by atoms with Crippen molar-refractivity contribution >= 4 is 12.4 Å². The number of hydrogen-bond acceptors (Lipinski definition) is 4. The molecule has 0 rings (SSSR count). The Hall–Kier alpha value is -1.06. The quantitative estimate of drug-likeness (QED) is 0.456. The third kappa shape index (κ3) is 3.14. The highest BCUT2D eigenvalue weighted by atomic mass is 16.6. The van der Waals surface area contributed by atoms with Crippen molar-refractivity contribution in [3.05, 3.63) is 0 Å². The third-order valence-corrected chi connectivity index (χ3v) is 0.477. The van der Waals surface area contributed by atoms with Gasteiger partial charge in [0.15, 0.2) is 6.61 Å². The molecule has 8 heavy (non-hydrogen) atoms. The maximum Gasteiger partial charge on any atom is 0.418 e. The molecule has 0 spiro atoms. The fourth-order valence-electron chi connectivity index (χ4n) is 0.147. The van der Waals surface area contributed by atoms with Gasteiger partial charge in [0, 0.05) is 0 Å². The third-order valence-electron chi connectivity index (χ3n) is 0.477. The lowest BCUT2D eigenvalue weighted by Crippen LogP contribution is -2.08. The van der Waals surface area contributed by atoms with Gasteiger partial charge in [-0.3, -0.25) is 0 Å². The van der Waals surface area contributed by atoms with Crippen molar-refractivity contribution in [3.63, 3.8) is 0 Å². The lowest BCUT2D eigenvalue weighted by atomic mass is 10.7. The lowest BCUT2D eigenvalue weighted by molar-refractivity contribution is -0.143. The van der Waals surface area contributed by atoms with E-state index in [4.69, 9.17) is 0 Å². The van der Waals surface area contributed by atoms with E-state index in [0.717, 1.165) is 6.47 Å². The first-order chi connectivity index (χ1) is 3.81. The van der Waals surface area contributed by atoms with Crippen molar-refractivity contribution < 1.29 is 19.1 Å². The van der Waals surface area contributed by atoms with Crippen molar-refractivity contribution in [2.45, 2.75) is 0 Å². The number of rotatable bonds is 3. The predicted molar refractivity (Wildman–Crippen MR) is 23.7 cm³/mol. The number of ether oxygens (including phenoxy) is 2. The van der Waals surface area contributed by atoms with E-state index in [1.165, 1.54) is 7.11 Å². The Morgan fingerprint density at radius 1 is 1.75 bits per heavy atom. The van der Waals surface area contributed by atoms with E-state index < -0.39 is 5.97 Å². The van der Waals surface area contributed by atoms with E-state index in [-0.39, 0.29) is 6.61 Å². The normalized spacial score (nSPS) is 7.62. The zero-order valence-electron chi connectivity index (χ0n) is 4.34. The van der Waals surface area contributed by atoms with Crippen LogP contribution in [-0.2, 0) is 19.1 Å². The van der Waals surface area contributed by atoms with Crippen LogP contribution in [0.15, 0.2) is 0 Å².